The third-order valence-corrected chi connectivity index (χ3v) is 5.10. The molecule has 3 heteroatoms. The van der Waals surface area contributed by atoms with Gasteiger partial charge in [-0.05, 0) is 23.6 Å². The van der Waals surface area contributed by atoms with Crippen LogP contribution < -0.4 is 5.32 Å². The van der Waals surface area contributed by atoms with E-state index in [1.165, 1.54) is 24.2 Å². The third kappa shape index (κ3) is 5.65. The number of hydrogen-bond donors (Lipinski definition) is 1. The second kappa shape index (κ2) is 8.21. The zero-order valence-electron chi connectivity index (χ0n) is 13.9. The molecule has 0 saturated carbocycles. The summed E-state index contributed by atoms with van der Waals surface area (Å²) in [5, 5.41) is 5.07. The monoisotopic (exact) mass is 306 g/mol. The molecule has 2 rings (SSSR count). The fourth-order valence-corrected chi connectivity index (χ4v) is 4.42. The van der Waals surface area contributed by atoms with E-state index in [2.05, 4.69) is 73.9 Å². The first-order valence-corrected chi connectivity index (χ1v) is 9.14. The molecule has 2 atom stereocenters. The van der Waals surface area contributed by atoms with Crippen molar-refractivity contribution in [1.29, 1.82) is 0 Å². The van der Waals surface area contributed by atoms with Crippen molar-refractivity contribution in [3.05, 3.63) is 35.4 Å². The van der Waals surface area contributed by atoms with Crippen LogP contribution in [0.1, 0.15) is 38.8 Å². The molecule has 0 radical (unpaired) electrons. The van der Waals surface area contributed by atoms with Gasteiger partial charge in [0.25, 0.3) is 0 Å². The van der Waals surface area contributed by atoms with Gasteiger partial charge in [-0.15, -0.1) is 0 Å². The van der Waals surface area contributed by atoms with Crippen molar-refractivity contribution in [1.82, 2.24) is 10.2 Å². The number of nitrogens with one attached hydrogen (secondary N) is 1. The van der Waals surface area contributed by atoms with Gasteiger partial charge in [0, 0.05) is 36.7 Å². The number of thioether (sulfide) groups is 1. The van der Waals surface area contributed by atoms with E-state index in [0.29, 0.717) is 5.92 Å². The lowest BCUT2D eigenvalue weighted by Crippen LogP contribution is -2.40. The van der Waals surface area contributed by atoms with E-state index in [0.717, 1.165) is 30.1 Å². The molecule has 1 fully saturated rings. The van der Waals surface area contributed by atoms with Crippen LogP contribution in [0.25, 0.3) is 0 Å². The SMILES string of the molecule is CC(C)CNCc1ccccc1CN1CC(C)SC(C)C1. The Hall–Kier alpha value is -0.510. The van der Waals surface area contributed by atoms with Crippen LogP contribution in [-0.2, 0) is 13.1 Å². The van der Waals surface area contributed by atoms with Gasteiger partial charge in [-0.1, -0.05) is 52.0 Å². The molecule has 1 aliphatic rings. The van der Waals surface area contributed by atoms with E-state index in [1.54, 1.807) is 0 Å². The molecule has 1 aromatic rings. The summed E-state index contributed by atoms with van der Waals surface area (Å²) in [5.41, 5.74) is 2.94. The summed E-state index contributed by atoms with van der Waals surface area (Å²) in [6.45, 7) is 14.8. The Morgan fingerprint density at radius 1 is 1.14 bits per heavy atom. The maximum Gasteiger partial charge on any atom is 0.0237 e. The normalized spacial score (nSPS) is 23.7. The highest BCUT2D eigenvalue weighted by atomic mass is 32.2. The molecule has 1 aliphatic heterocycles. The average Bonchev–Trinajstić information content (AvgIpc) is 2.39. The summed E-state index contributed by atoms with van der Waals surface area (Å²) in [6, 6.07) is 8.90. The van der Waals surface area contributed by atoms with E-state index in [-0.39, 0.29) is 0 Å². The highest BCUT2D eigenvalue weighted by Crippen LogP contribution is 2.26. The molecule has 2 unspecified atom stereocenters. The van der Waals surface area contributed by atoms with Gasteiger partial charge in [0.15, 0.2) is 0 Å². The van der Waals surface area contributed by atoms with Crippen LogP contribution in [0.5, 0.6) is 0 Å². The van der Waals surface area contributed by atoms with Gasteiger partial charge in [0.1, 0.15) is 0 Å². The topological polar surface area (TPSA) is 15.3 Å². The average molecular weight is 307 g/mol. The molecule has 1 N–H and O–H groups in total. The predicted octanol–water partition coefficient (Wildman–Crippen LogP) is 3.76. The van der Waals surface area contributed by atoms with Crippen molar-refractivity contribution in [2.75, 3.05) is 19.6 Å². The lowest BCUT2D eigenvalue weighted by Gasteiger charge is -2.35. The maximum atomic E-state index is 3.57. The molecule has 1 heterocycles. The van der Waals surface area contributed by atoms with Crippen LogP contribution in [0.2, 0.25) is 0 Å². The lowest BCUT2D eigenvalue weighted by molar-refractivity contribution is 0.262. The number of benzene rings is 1. The minimum atomic E-state index is 0.706. The zero-order valence-corrected chi connectivity index (χ0v) is 14.7. The fraction of sp³-hybridized carbons (Fsp3) is 0.667. The Balaban J connectivity index is 1.95. The molecule has 0 bridgehead atoms. The second-order valence-electron chi connectivity index (χ2n) is 6.74. The van der Waals surface area contributed by atoms with Crippen LogP contribution in [0.15, 0.2) is 24.3 Å². The van der Waals surface area contributed by atoms with E-state index in [4.69, 9.17) is 0 Å². The van der Waals surface area contributed by atoms with Gasteiger partial charge in [-0.3, -0.25) is 4.90 Å². The van der Waals surface area contributed by atoms with Gasteiger partial charge in [-0.25, -0.2) is 0 Å². The van der Waals surface area contributed by atoms with E-state index in [9.17, 15) is 0 Å². The summed E-state index contributed by atoms with van der Waals surface area (Å²) in [4.78, 5) is 2.62. The minimum Gasteiger partial charge on any atom is -0.312 e. The van der Waals surface area contributed by atoms with Gasteiger partial charge in [0.2, 0.25) is 0 Å². The summed E-state index contributed by atoms with van der Waals surface area (Å²) < 4.78 is 0. The molecule has 0 spiro atoms. The van der Waals surface area contributed by atoms with Crippen LogP contribution in [0.4, 0.5) is 0 Å². The van der Waals surface area contributed by atoms with Crippen molar-refractivity contribution < 1.29 is 0 Å². The van der Waals surface area contributed by atoms with Gasteiger partial charge in [0.05, 0.1) is 0 Å². The van der Waals surface area contributed by atoms with Crippen molar-refractivity contribution in [2.45, 2.75) is 51.3 Å². The van der Waals surface area contributed by atoms with Gasteiger partial charge < -0.3 is 5.32 Å². The highest BCUT2D eigenvalue weighted by Gasteiger charge is 2.22. The highest BCUT2D eigenvalue weighted by molar-refractivity contribution is 8.00. The van der Waals surface area contributed by atoms with E-state index >= 15 is 0 Å². The van der Waals surface area contributed by atoms with Gasteiger partial charge >= 0.3 is 0 Å². The standard InChI is InChI=1S/C18H30N2S/c1-14(2)9-19-10-17-7-5-6-8-18(17)13-20-11-15(3)21-16(4)12-20/h5-8,14-16,19H,9-13H2,1-4H3. The first kappa shape index (κ1) is 16.9. The third-order valence-electron chi connectivity index (χ3n) is 3.88. The smallest absolute Gasteiger partial charge is 0.0237 e. The first-order chi connectivity index (χ1) is 10.0. The van der Waals surface area contributed by atoms with Crippen molar-refractivity contribution in [2.24, 2.45) is 5.92 Å². The van der Waals surface area contributed by atoms with Crippen molar-refractivity contribution in [3.8, 4) is 0 Å². The Morgan fingerprint density at radius 3 is 2.38 bits per heavy atom. The molecule has 0 aliphatic carbocycles. The minimum absolute atomic E-state index is 0.706. The largest absolute Gasteiger partial charge is 0.312 e. The van der Waals surface area contributed by atoms with Crippen LogP contribution in [-0.4, -0.2) is 35.0 Å². The summed E-state index contributed by atoms with van der Waals surface area (Å²) in [5.74, 6) is 0.706. The molecule has 1 saturated heterocycles. The zero-order chi connectivity index (χ0) is 15.2. The van der Waals surface area contributed by atoms with Crippen LogP contribution >= 0.6 is 11.8 Å². The lowest BCUT2D eigenvalue weighted by atomic mass is 10.1. The molecule has 21 heavy (non-hydrogen) atoms. The summed E-state index contributed by atoms with van der Waals surface area (Å²) >= 11 is 2.12. The summed E-state index contributed by atoms with van der Waals surface area (Å²) in [7, 11) is 0. The molecular formula is C18H30N2S. The van der Waals surface area contributed by atoms with Gasteiger partial charge in [-0.2, -0.15) is 11.8 Å². The van der Waals surface area contributed by atoms with Crippen molar-refractivity contribution in [3.63, 3.8) is 0 Å². The Morgan fingerprint density at radius 2 is 1.76 bits per heavy atom. The molecular weight excluding hydrogens is 276 g/mol. The van der Waals surface area contributed by atoms with E-state index < -0.39 is 0 Å². The predicted molar refractivity (Wildman–Crippen MR) is 94.8 cm³/mol. The molecule has 0 aromatic heterocycles. The number of nitrogens with zero attached hydrogens (tertiary/aromatic N) is 1. The second-order valence-corrected chi connectivity index (χ2v) is 8.63. The Kier molecular flexibility index (Phi) is 6.59. The Labute approximate surface area is 134 Å². The fourth-order valence-electron chi connectivity index (χ4n) is 3.03. The molecule has 0 amide bonds. The molecule has 118 valence electrons. The summed E-state index contributed by atoms with van der Waals surface area (Å²) in [6.07, 6.45) is 0. The van der Waals surface area contributed by atoms with Crippen molar-refractivity contribution >= 4 is 11.8 Å². The quantitative estimate of drug-likeness (QED) is 0.861. The number of hydrogen-bond acceptors (Lipinski definition) is 3. The van der Waals surface area contributed by atoms with Crippen LogP contribution in [0, 0.1) is 5.92 Å². The first-order valence-electron chi connectivity index (χ1n) is 8.20. The Bertz CT molecular complexity index is 423. The van der Waals surface area contributed by atoms with E-state index in [1.807, 2.05) is 0 Å². The van der Waals surface area contributed by atoms with Crippen LogP contribution in [0.3, 0.4) is 0 Å². The maximum absolute atomic E-state index is 3.57. The molecule has 1 aromatic carbocycles. The number of rotatable bonds is 6. The molecule has 2 nitrogen and oxygen atoms in total.